The fourth-order valence-electron chi connectivity index (χ4n) is 2.70. The van der Waals surface area contributed by atoms with Crippen LogP contribution in [-0.4, -0.2) is 17.0 Å². The van der Waals surface area contributed by atoms with Crippen molar-refractivity contribution in [2.75, 3.05) is 6.16 Å². The molecule has 138 valence electrons. The van der Waals surface area contributed by atoms with Gasteiger partial charge in [-0.15, -0.1) is 11.3 Å². The lowest BCUT2D eigenvalue weighted by Crippen LogP contribution is -2.26. The van der Waals surface area contributed by atoms with Crippen molar-refractivity contribution >= 4 is 53.0 Å². The summed E-state index contributed by atoms with van der Waals surface area (Å²) in [6.07, 6.45) is 2.75. The number of carbonyl (C=O) groups excluding carboxylic acids is 1. The van der Waals surface area contributed by atoms with Gasteiger partial charge >= 0.3 is 8.03 Å². The van der Waals surface area contributed by atoms with Crippen LogP contribution in [0.1, 0.15) is 17.0 Å². The highest BCUT2D eigenvalue weighted by Crippen LogP contribution is 2.36. The van der Waals surface area contributed by atoms with Crippen molar-refractivity contribution in [3.8, 4) is 0 Å². The molecule has 0 aliphatic heterocycles. The molecule has 4 nitrogen and oxygen atoms in total. The molecular formula is C19H15ClFNO3PS+. The first-order valence-electron chi connectivity index (χ1n) is 7.97. The fourth-order valence-corrected chi connectivity index (χ4v) is 4.54. The summed E-state index contributed by atoms with van der Waals surface area (Å²) in [5, 5.41) is 5.74. The van der Waals surface area contributed by atoms with Crippen LogP contribution in [0.4, 0.5) is 4.39 Å². The smallest absolute Gasteiger partial charge is 0.332 e. The molecule has 0 spiro atoms. The molecule has 2 atom stereocenters. The Balaban J connectivity index is 1.84. The summed E-state index contributed by atoms with van der Waals surface area (Å²) in [5.74, 6) is -1.59. The van der Waals surface area contributed by atoms with Gasteiger partial charge in [0.25, 0.3) is 0 Å². The zero-order valence-electron chi connectivity index (χ0n) is 13.9. The van der Waals surface area contributed by atoms with E-state index in [4.69, 9.17) is 11.6 Å². The Labute approximate surface area is 165 Å². The lowest BCUT2D eigenvalue weighted by molar-refractivity contribution is -0.121. The van der Waals surface area contributed by atoms with Gasteiger partial charge in [0, 0.05) is 15.9 Å². The van der Waals surface area contributed by atoms with Crippen molar-refractivity contribution in [2.24, 2.45) is 0 Å². The van der Waals surface area contributed by atoms with Gasteiger partial charge in [0.05, 0.1) is 0 Å². The molecule has 2 N–H and O–H groups in total. The van der Waals surface area contributed by atoms with E-state index in [0.717, 1.165) is 10.1 Å². The van der Waals surface area contributed by atoms with E-state index in [0.29, 0.717) is 16.1 Å². The molecule has 27 heavy (non-hydrogen) atoms. The maximum Gasteiger partial charge on any atom is 0.506 e. The van der Waals surface area contributed by atoms with Crippen LogP contribution in [0.2, 0.25) is 5.02 Å². The molecule has 0 saturated carbocycles. The second-order valence-electron chi connectivity index (χ2n) is 5.82. The topological polar surface area (TPSA) is 66.4 Å². The molecule has 0 bridgehead atoms. The van der Waals surface area contributed by atoms with E-state index in [2.05, 4.69) is 5.32 Å². The van der Waals surface area contributed by atoms with E-state index in [-0.39, 0.29) is 12.0 Å². The first-order chi connectivity index (χ1) is 12.9. The van der Waals surface area contributed by atoms with Gasteiger partial charge in [0.15, 0.2) is 6.16 Å². The second kappa shape index (κ2) is 8.72. The molecular weight excluding hydrogens is 408 g/mol. The van der Waals surface area contributed by atoms with Crippen LogP contribution in [0.15, 0.2) is 54.0 Å². The lowest BCUT2D eigenvalue weighted by atomic mass is 9.99. The number of halogens is 2. The highest BCUT2D eigenvalue weighted by molar-refractivity contribution is 7.38. The van der Waals surface area contributed by atoms with Gasteiger partial charge in [0.2, 0.25) is 5.91 Å². The Morgan fingerprint density at radius 1 is 1.33 bits per heavy atom. The third kappa shape index (κ3) is 4.99. The molecule has 3 aromatic rings. The second-order valence-corrected chi connectivity index (χ2v) is 8.23. The SMILES string of the molecule is O=C(N/C=C/c1cccc(F)c1)C(C[P+](=O)O)c1csc2ccc(Cl)cc12. The number of carbonyl (C=O) groups is 1. The summed E-state index contributed by atoms with van der Waals surface area (Å²) < 4.78 is 25.6. The number of hydrogen-bond acceptors (Lipinski definition) is 3. The number of amides is 1. The Bertz CT molecular complexity index is 1040. The summed E-state index contributed by atoms with van der Waals surface area (Å²) in [5.41, 5.74) is 1.25. The minimum atomic E-state index is -2.52. The highest BCUT2D eigenvalue weighted by atomic mass is 35.5. The Morgan fingerprint density at radius 2 is 2.15 bits per heavy atom. The van der Waals surface area contributed by atoms with Crippen LogP contribution in [0.3, 0.4) is 0 Å². The molecule has 0 fully saturated rings. The zero-order chi connectivity index (χ0) is 19.4. The highest BCUT2D eigenvalue weighted by Gasteiger charge is 2.31. The number of fused-ring (bicyclic) bond motifs is 1. The molecule has 3 rings (SSSR count). The number of nitrogens with one attached hydrogen (secondary N) is 1. The minimum absolute atomic E-state index is 0.201. The van der Waals surface area contributed by atoms with E-state index in [1.807, 2.05) is 6.07 Å². The molecule has 0 aliphatic carbocycles. The van der Waals surface area contributed by atoms with Crippen LogP contribution in [0, 0.1) is 5.82 Å². The molecule has 2 unspecified atom stereocenters. The summed E-state index contributed by atoms with van der Waals surface area (Å²) in [6, 6.07) is 11.3. The Kier molecular flexibility index (Phi) is 6.34. The average molecular weight is 423 g/mol. The van der Waals surface area contributed by atoms with Crippen molar-refractivity contribution in [3.05, 3.63) is 76.0 Å². The van der Waals surface area contributed by atoms with Gasteiger partial charge in [0.1, 0.15) is 11.7 Å². The van der Waals surface area contributed by atoms with E-state index < -0.39 is 19.9 Å². The van der Waals surface area contributed by atoms with Crippen LogP contribution < -0.4 is 5.32 Å². The maximum atomic E-state index is 13.2. The normalized spacial score (nSPS) is 13.1. The van der Waals surface area contributed by atoms with Crippen LogP contribution in [-0.2, 0) is 9.36 Å². The van der Waals surface area contributed by atoms with Gasteiger partial charge in [-0.2, -0.15) is 4.89 Å². The molecule has 2 aromatic carbocycles. The molecule has 0 radical (unpaired) electrons. The molecule has 1 heterocycles. The third-order valence-electron chi connectivity index (χ3n) is 3.95. The Hall–Kier alpha value is -2.11. The zero-order valence-corrected chi connectivity index (χ0v) is 16.4. The maximum absolute atomic E-state index is 13.2. The predicted octanol–water partition coefficient (Wildman–Crippen LogP) is 5.30. The van der Waals surface area contributed by atoms with Gasteiger partial charge in [-0.3, -0.25) is 4.79 Å². The number of benzene rings is 2. The largest absolute Gasteiger partial charge is 0.506 e. The summed E-state index contributed by atoms with van der Waals surface area (Å²) in [6.45, 7) is 0. The van der Waals surface area contributed by atoms with E-state index in [1.54, 1.807) is 35.7 Å². The van der Waals surface area contributed by atoms with Gasteiger partial charge in [-0.05, 0) is 62.9 Å². The number of rotatable bonds is 6. The molecule has 0 aliphatic rings. The predicted molar refractivity (Wildman–Crippen MR) is 108 cm³/mol. The van der Waals surface area contributed by atoms with E-state index in [1.165, 1.54) is 29.7 Å². The molecule has 1 amide bonds. The Morgan fingerprint density at radius 3 is 2.89 bits per heavy atom. The van der Waals surface area contributed by atoms with Crippen LogP contribution >= 0.6 is 31.0 Å². The lowest BCUT2D eigenvalue weighted by Gasteiger charge is -2.10. The minimum Gasteiger partial charge on any atom is -0.332 e. The quantitative estimate of drug-likeness (QED) is 0.530. The van der Waals surface area contributed by atoms with E-state index in [9.17, 15) is 18.6 Å². The van der Waals surface area contributed by atoms with Gasteiger partial charge in [-0.1, -0.05) is 23.7 Å². The van der Waals surface area contributed by atoms with Crippen LogP contribution in [0.5, 0.6) is 0 Å². The monoisotopic (exact) mass is 422 g/mol. The van der Waals surface area contributed by atoms with Gasteiger partial charge in [-0.25, -0.2) is 4.39 Å². The third-order valence-corrected chi connectivity index (χ3v) is 5.84. The summed E-state index contributed by atoms with van der Waals surface area (Å²) in [7, 11) is -2.52. The summed E-state index contributed by atoms with van der Waals surface area (Å²) in [4.78, 5) is 22.0. The van der Waals surface area contributed by atoms with Crippen molar-refractivity contribution in [2.45, 2.75) is 5.92 Å². The van der Waals surface area contributed by atoms with Crippen molar-refractivity contribution in [1.82, 2.24) is 5.32 Å². The van der Waals surface area contributed by atoms with Crippen molar-refractivity contribution in [3.63, 3.8) is 0 Å². The fraction of sp³-hybridized carbons (Fsp3) is 0.105. The van der Waals surface area contributed by atoms with Crippen molar-refractivity contribution < 1.29 is 18.6 Å². The molecule has 8 heteroatoms. The average Bonchev–Trinajstić information content (AvgIpc) is 3.02. The number of hydrogen-bond donors (Lipinski definition) is 2. The first kappa shape index (κ1) is 19.6. The first-order valence-corrected chi connectivity index (χ1v) is 10.6. The van der Waals surface area contributed by atoms with Gasteiger partial charge < -0.3 is 5.32 Å². The standard InChI is InChI=1S/C19H14ClFNO3PS/c20-13-4-5-18-15(9-13)17(11-27-18)16(10-26(24)25)19(23)22-7-6-12-2-1-3-14(21)8-12/h1-9,11,16H,10H2,(H-,22,23,24,25)/p+1/b7-6+. The summed E-state index contributed by atoms with van der Waals surface area (Å²) >= 11 is 7.50. The van der Waals surface area contributed by atoms with Crippen molar-refractivity contribution in [1.29, 1.82) is 0 Å². The number of thiophene rings is 1. The van der Waals surface area contributed by atoms with Crippen LogP contribution in [0.25, 0.3) is 16.2 Å². The molecule has 0 saturated heterocycles. The molecule has 1 aromatic heterocycles. The van der Waals surface area contributed by atoms with E-state index >= 15 is 0 Å².